The van der Waals surface area contributed by atoms with Gasteiger partial charge in [-0.2, -0.15) is 0 Å². The molecule has 0 heterocycles. The van der Waals surface area contributed by atoms with E-state index >= 15 is 0 Å². The second-order valence-corrected chi connectivity index (χ2v) is 10.7. The molecule has 0 aliphatic heterocycles. The molecule has 3 fully saturated rings. The van der Waals surface area contributed by atoms with E-state index in [2.05, 4.69) is 6.92 Å². The van der Waals surface area contributed by atoms with Crippen molar-refractivity contribution in [2.75, 3.05) is 20.3 Å². The summed E-state index contributed by atoms with van der Waals surface area (Å²) in [7, 11) is 1.50. The Hall–Kier alpha value is -1.57. The molecule has 178 valence electrons. The van der Waals surface area contributed by atoms with Crippen molar-refractivity contribution in [3.05, 3.63) is 11.6 Å². The van der Waals surface area contributed by atoms with Crippen LogP contribution < -0.4 is 0 Å². The highest BCUT2D eigenvalue weighted by atomic mass is 16.6. The fraction of sp³-hybridized carbons (Fsp3) is 0.800. The summed E-state index contributed by atoms with van der Waals surface area (Å²) in [5.74, 6) is -0.549. The highest BCUT2D eigenvalue weighted by Gasteiger charge is 2.70. The summed E-state index contributed by atoms with van der Waals surface area (Å²) in [6.07, 6.45) is 5.47. The molecule has 3 saturated carbocycles. The standard InChI is InChI=1S/C25H36O7/c1-23-9-6-16(27)12-15(23)4-5-17-18-7-10-25(20(29)14-26,32-21(30)8-11-31-3)24(18,2)13-19(28)22(17)23/h12,17-19,22,26,28H,4-11,13-14H2,1-3H3/t17-,18-,19-,22+,23-,24-,25-/m0/s1. The summed E-state index contributed by atoms with van der Waals surface area (Å²) in [6, 6.07) is 0. The Bertz CT molecular complexity index is 834. The second-order valence-electron chi connectivity index (χ2n) is 10.7. The topological polar surface area (TPSA) is 110 Å². The summed E-state index contributed by atoms with van der Waals surface area (Å²) in [6.45, 7) is 3.64. The molecular weight excluding hydrogens is 412 g/mol. The Kier molecular flexibility index (Phi) is 6.14. The monoisotopic (exact) mass is 448 g/mol. The number of esters is 1. The van der Waals surface area contributed by atoms with Crippen LogP contribution in [-0.4, -0.2) is 59.8 Å². The van der Waals surface area contributed by atoms with Crippen molar-refractivity contribution in [2.45, 2.75) is 76.9 Å². The van der Waals surface area contributed by atoms with Gasteiger partial charge in [-0.05, 0) is 67.8 Å². The van der Waals surface area contributed by atoms with Crippen molar-refractivity contribution in [1.29, 1.82) is 0 Å². The van der Waals surface area contributed by atoms with Gasteiger partial charge in [-0.25, -0.2) is 0 Å². The quantitative estimate of drug-likeness (QED) is 0.600. The SMILES string of the molecule is COCCC(=O)O[C@]1(C(=O)CO)CC[C@H]2[C@@H]3CCC4=CC(=O)CC[C@]4(C)[C@H]3[C@@H](O)C[C@@]21C. The number of aliphatic hydroxyl groups excluding tert-OH is 2. The van der Waals surface area contributed by atoms with Gasteiger partial charge in [0.05, 0.1) is 19.1 Å². The van der Waals surface area contributed by atoms with Crippen LogP contribution in [0.15, 0.2) is 11.6 Å². The van der Waals surface area contributed by atoms with Gasteiger partial charge >= 0.3 is 5.97 Å². The first-order valence-electron chi connectivity index (χ1n) is 11.9. The molecule has 0 aromatic carbocycles. The Morgan fingerprint density at radius 3 is 2.62 bits per heavy atom. The Morgan fingerprint density at radius 2 is 1.94 bits per heavy atom. The number of aliphatic hydroxyl groups is 2. The molecule has 4 rings (SSSR count). The molecule has 0 bridgehead atoms. The molecule has 2 N–H and O–H groups in total. The van der Waals surface area contributed by atoms with Crippen molar-refractivity contribution in [1.82, 2.24) is 0 Å². The van der Waals surface area contributed by atoms with Crippen LogP contribution in [0.2, 0.25) is 0 Å². The van der Waals surface area contributed by atoms with Crippen LogP contribution in [0.25, 0.3) is 0 Å². The van der Waals surface area contributed by atoms with E-state index in [0.29, 0.717) is 25.7 Å². The third-order valence-electron chi connectivity index (χ3n) is 9.41. The number of ketones is 2. The Balaban J connectivity index is 1.70. The average Bonchev–Trinajstić information content (AvgIpc) is 3.04. The first-order chi connectivity index (χ1) is 15.1. The third-order valence-corrected chi connectivity index (χ3v) is 9.41. The highest BCUT2D eigenvalue weighted by Crippen LogP contribution is 2.68. The zero-order valence-electron chi connectivity index (χ0n) is 19.4. The van der Waals surface area contributed by atoms with Gasteiger partial charge in [-0.15, -0.1) is 0 Å². The summed E-state index contributed by atoms with van der Waals surface area (Å²) >= 11 is 0. The minimum Gasteiger partial charge on any atom is -0.450 e. The van der Waals surface area contributed by atoms with Gasteiger partial charge in [0, 0.05) is 18.9 Å². The first-order valence-corrected chi connectivity index (χ1v) is 11.9. The summed E-state index contributed by atoms with van der Waals surface area (Å²) in [5.41, 5.74) is -1.25. The van der Waals surface area contributed by atoms with Crippen LogP contribution >= 0.6 is 0 Å². The predicted octanol–water partition coefficient (Wildman–Crippen LogP) is 2.37. The van der Waals surface area contributed by atoms with Gasteiger partial charge in [-0.3, -0.25) is 14.4 Å². The minimum absolute atomic E-state index is 0.0119. The number of rotatable bonds is 6. The zero-order valence-corrected chi connectivity index (χ0v) is 19.4. The normalized spacial score (nSPS) is 43.0. The maximum Gasteiger partial charge on any atom is 0.309 e. The van der Waals surface area contributed by atoms with Crippen molar-refractivity contribution < 1.29 is 34.1 Å². The number of Topliss-reactive ketones (excluding diaryl/α,β-unsaturated/α-hetero) is 1. The van der Waals surface area contributed by atoms with Crippen LogP contribution in [-0.2, 0) is 23.9 Å². The molecule has 0 saturated heterocycles. The van der Waals surface area contributed by atoms with E-state index in [9.17, 15) is 24.6 Å². The van der Waals surface area contributed by atoms with Crippen LogP contribution in [0, 0.1) is 28.6 Å². The first kappa shape index (κ1) is 23.6. The molecule has 0 radical (unpaired) electrons. The van der Waals surface area contributed by atoms with E-state index in [1.165, 1.54) is 7.11 Å². The molecule has 4 aliphatic carbocycles. The molecule has 7 nitrogen and oxygen atoms in total. The number of allylic oxidation sites excluding steroid dienone is 1. The molecule has 0 aromatic rings. The number of hydrogen-bond donors (Lipinski definition) is 2. The van der Waals surface area contributed by atoms with Crippen LogP contribution in [0.4, 0.5) is 0 Å². The van der Waals surface area contributed by atoms with Gasteiger partial charge in [-0.1, -0.05) is 19.4 Å². The molecular formula is C25H36O7. The van der Waals surface area contributed by atoms with E-state index in [1.807, 2.05) is 6.92 Å². The lowest BCUT2D eigenvalue weighted by Gasteiger charge is -2.60. The number of carbonyl (C=O) groups is 3. The van der Waals surface area contributed by atoms with Gasteiger partial charge in [0.25, 0.3) is 0 Å². The second kappa shape index (κ2) is 8.33. The van der Waals surface area contributed by atoms with Gasteiger partial charge in [0.15, 0.2) is 11.4 Å². The summed E-state index contributed by atoms with van der Waals surface area (Å²) in [4.78, 5) is 37.8. The van der Waals surface area contributed by atoms with E-state index in [-0.39, 0.29) is 42.0 Å². The van der Waals surface area contributed by atoms with Gasteiger partial charge in [0.1, 0.15) is 6.61 Å². The third kappa shape index (κ3) is 3.31. The summed E-state index contributed by atoms with van der Waals surface area (Å²) < 4.78 is 10.9. The van der Waals surface area contributed by atoms with Crippen molar-refractivity contribution in [3.8, 4) is 0 Å². The summed E-state index contributed by atoms with van der Waals surface area (Å²) in [5, 5.41) is 21.3. The molecule has 7 atom stereocenters. The minimum atomic E-state index is -1.43. The fourth-order valence-electron chi connectivity index (χ4n) is 7.92. The molecule has 7 heteroatoms. The smallest absolute Gasteiger partial charge is 0.309 e. The lowest BCUT2D eigenvalue weighted by molar-refractivity contribution is -0.202. The lowest BCUT2D eigenvalue weighted by Crippen LogP contribution is -2.63. The number of methoxy groups -OCH3 is 1. The number of ether oxygens (including phenoxy) is 2. The van der Waals surface area contributed by atoms with Gasteiger partial charge < -0.3 is 19.7 Å². The largest absolute Gasteiger partial charge is 0.450 e. The van der Waals surface area contributed by atoms with Crippen LogP contribution in [0.3, 0.4) is 0 Å². The Labute approximate surface area is 189 Å². The molecule has 0 amide bonds. The van der Waals surface area contributed by atoms with E-state index in [0.717, 1.165) is 24.8 Å². The van der Waals surface area contributed by atoms with Gasteiger partial charge in [0.2, 0.25) is 5.78 Å². The lowest BCUT2D eigenvalue weighted by atomic mass is 9.45. The van der Waals surface area contributed by atoms with E-state index in [1.54, 1.807) is 6.08 Å². The highest BCUT2D eigenvalue weighted by molar-refractivity contribution is 5.92. The van der Waals surface area contributed by atoms with E-state index in [4.69, 9.17) is 9.47 Å². The van der Waals surface area contributed by atoms with Crippen LogP contribution in [0.5, 0.6) is 0 Å². The molecule has 0 unspecified atom stereocenters. The van der Waals surface area contributed by atoms with Crippen molar-refractivity contribution in [3.63, 3.8) is 0 Å². The maximum absolute atomic E-state index is 13.1. The molecule has 0 aromatic heterocycles. The number of fused-ring (bicyclic) bond motifs is 5. The van der Waals surface area contributed by atoms with Crippen LogP contribution in [0.1, 0.15) is 65.2 Å². The fourth-order valence-corrected chi connectivity index (χ4v) is 7.92. The Morgan fingerprint density at radius 1 is 1.19 bits per heavy atom. The number of hydrogen-bond acceptors (Lipinski definition) is 7. The maximum atomic E-state index is 13.1. The number of carbonyl (C=O) groups excluding carboxylic acids is 3. The predicted molar refractivity (Wildman–Crippen MR) is 116 cm³/mol. The van der Waals surface area contributed by atoms with Crippen molar-refractivity contribution >= 4 is 17.5 Å². The molecule has 32 heavy (non-hydrogen) atoms. The molecule has 0 spiro atoms. The van der Waals surface area contributed by atoms with E-state index < -0.39 is 35.5 Å². The average molecular weight is 449 g/mol. The zero-order chi connectivity index (χ0) is 23.3. The van der Waals surface area contributed by atoms with Crippen molar-refractivity contribution in [2.24, 2.45) is 28.6 Å². The molecule has 4 aliphatic rings.